The number of anilines is 2. The summed E-state index contributed by atoms with van der Waals surface area (Å²) >= 11 is 0. The molecule has 0 unspecified atom stereocenters. The largest absolute Gasteiger partial charge is 0.486 e. The Labute approximate surface area is 185 Å². The lowest BCUT2D eigenvalue weighted by atomic mass is 10.1. The van der Waals surface area contributed by atoms with Crippen LogP contribution in [-0.4, -0.2) is 48.9 Å². The Balaban J connectivity index is 1.85. The number of benzene rings is 1. The summed E-state index contributed by atoms with van der Waals surface area (Å²) in [5.41, 5.74) is 5.78. The highest BCUT2D eigenvalue weighted by molar-refractivity contribution is 5.95. The number of aromatic amines is 1. The molecule has 0 aliphatic carbocycles. The zero-order valence-corrected chi connectivity index (χ0v) is 18.7. The summed E-state index contributed by atoms with van der Waals surface area (Å²) < 4.78 is 17.5. The third kappa shape index (κ3) is 5.31. The molecular weight excluding hydrogens is 416 g/mol. The fraction of sp³-hybridized carbons (Fsp3) is 0.500. The number of H-pyrrole nitrogens is 1. The molecular formula is C22H30N4O6. The predicted molar refractivity (Wildman–Crippen MR) is 121 cm³/mol. The van der Waals surface area contributed by atoms with E-state index in [0.717, 1.165) is 5.56 Å². The molecule has 1 aliphatic heterocycles. The van der Waals surface area contributed by atoms with Crippen molar-refractivity contribution in [2.24, 2.45) is 5.92 Å². The summed E-state index contributed by atoms with van der Waals surface area (Å²) in [6.45, 7) is 5.50. The highest BCUT2D eigenvalue weighted by Gasteiger charge is 2.24. The molecule has 3 N–H and O–H groups in total. The Bertz CT molecular complexity index is 1080. The van der Waals surface area contributed by atoms with Crippen molar-refractivity contribution in [2.75, 3.05) is 44.1 Å². The van der Waals surface area contributed by atoms with Gasteiger partial charge in [0.15, 0.2) is 17.2 Å². The van der Waals surface area contributed by atoms with Crippen LogP contribution in [0.2, 0.25) is 0 Å². The number of hydrogen-bond donors (Lipinski definition) is 2. The number of methoxy groups -OCH3 is 1. The van der Waals surface area contributed by atoms with Crippen molar-refractivity contribution < 1.29 is 19.0 Å². The highest BCUT2D eigenvalue weighted by atomic mass is 16.6. The lowest BCUT2D eigenvalue weighted by Gasteiger charge is -2.25. The lowest BCUT2D eigenvalue weighted by Crippen LogP contribution is -2.43. The molecule has 3 rings (SSSR count). The summed E-state index contributed by atoms with van der Waals surface area (Å²) in [6.07, 6.45) is 0.563. The van der Waals surface area contributed by atoms with Crippen LogP contribution >= 0.6 is 0 Å². The molecule has 10 nitrogen and oxygen atoms in total. The fourth-order valence-corrected chi connectivity index (χ4v) is 3.56. The van der Waals surface area contributed by atoms with E-state index in [1.54, 1.807) is 0 Å². The molecule has 0 radical (unpaired) electrons. The van der Waals surface area contributed by atoms with E-state index in [1.165, 1.54) is 16.6 Å². The number of aromatic nitrogens is 2. The number of amides is 1. The van der Waals surface area contributed by atoms with Gasteiger partial charge >= 0.3 is 5.69 Å². The van der Waals surface area contributed by atoms with Crippen molar-refractivity contribution in [3.8, 4) is 11.5 Å². The summed E-state index contributed by atoms with van der Waals surface area (Å²) in [4.78, 5) is 41.6. The molecule has 2 aromatic rings. The van der Waals surface area contributed by atoms with Gasteiger partial charge in [0, 0.05) is 26.6 Å². The molecule has 1 aromatic heterocycles. The molecule has 0 atom stereocenters. The van der Waals surface area contributed by atoms with Gasteiger partial charge in [-0.25, -0.2) is 4.79 Å². The maximum atomic E-state index is 13.2. The zero-order chi connectivity index (χ0) is 23.3. The van der Waals surface area contributed by atoms with Crippen LogP contribution in [0, 0.1) is 5.92 Å². The number of carbonyl (C=O) groups excluding carboxylic acids is 1. The van der Waals surface area contributed by atoms with Gasteiger partial charge in [-0.1, -0.05) is 19.9 Å². The van der Waals surface area contributed by atoms with E-state index < -0.39 is 11.2 Å². The monoisotopic (exact) mass is 446 g/mol. The fourth-order valence-electron chi connectivity index (χ4n) is 3.56. The molecule has 1 aromatic carbocycles. The van der Waals surface area contributed by atoms with Gasteiger partial charge in [0.05, 0.1) is 6.61 Å². The number of nitrogens with one attached hydrogen (secondary N) is 1. The maximum absolute atomic E-state index is 13.2. The number of fused-ring (bicyclic) bond motifs is 1. The lowest BCUT2D eigenvalue weighted by molar-refractivity contribution is -0.118. The van der Waals surface area contributed by atoms with Gasteiger partial charge in [0.2, 0.25) is 5.91 Å². The quantitative estimate of drug-likeness (QED) is 0.591. The second-order valence-electron chi connectivity index (χ2n) is 8.01. The van der Waals surface area contributed by atoms with Crippen LogP contribution < -0.4 is 31.4 Å². The Morgan fingerprint density at radius 3 is 2.66 bits per heavy atom. The molecule has 0 fully saturated rings. The van der Waals surface area contributed by atoms with Gasteiger partial charge in [-0.15, -0.1) is 0 Å². The minimum atomic E-state index is -0.698. The first-order chi connectivity index (χ1) is 15.3. The van der Waals surface area contributed by atoms with Crippen LogP contribution in [0.1, 0.15) is 25.8 Å². The van der Waals surface area contributed by atoms with Crippen LogP contribution in [0.25, 0.3) is 0 Å². The summed E-state index contributed by atoms with van der Waals surface area (Å²) in [6, 6.07) is 5.55. The van der Waals surface area contributed by atoms with Crippen LogP contribution in [0.5, 0.6) is 11.5 Å². The molecule has 0 saturated carbocycles. The number of nitrogen functional groups attached to an aromatic ring is 1. The summed E-state index contributed by atoms with van der Waals surface area (Å²) in [5, 5.41) is 0. The Kier molecular flexibility index (Phi) is 7.57. The zero-order valence-electron chi connectivity index (χ0n) is 18.7. The van der Waals surface area contributed by atoms with Crippen molar-refractivity contribution >= 4 is 17.4 Å². The van der Waals surface area contributed by atoms with Gasteiger partial charge in [-0.05, 0) is 30.0 Å². The molecule has 2 heterocycles. The molecule has 0 bridgehead atoms. The number of nitrogens with zero attached hydrogens (tertiary/aromatic N) is 2. The molecule has 0 spiro atoms. The topological polar surface area (TPSA) is 129 Å². The third-order valence-corrected chi connectivity index (χ3v) is 5.09. The van der Waals surface area contributed by atoms with Crippen molar-refractivity contribution in [2.45, 2.75) is 33.2 Å². The number of carbonyl (C=O) groups is 1. The molecule has 10 heteroatoms. The molecule has 32 heavy (non-hydrogen) atoms. The van der Waals surface area contributed by atoms with Crippen LogP contribution in [0.3, 0.4) is 0 Å². The Morgan fingerprint density at radius 2 is 1.97 bits per heavy atom. The summed E-state index contributed by atoms with van der Waals surface area (Å²) in [5.74, 6) is 1.12. The SMILES string of the molecule is COCCN(C(=O)CCc1ccc2c(c1)OCCO2)c1c(N)n(CC(C)C)c(=O)[nH]c1=O. The number of hydrogen-bond acceptors (Lipinski definition) is 7. The normalized spacial score (nSPS) is 12.8. The second kappa shape index (κ2) is 10.4. The van der Waals surface area contributed by atoms with Crippen molar-refractivity contribution in [3.63, 3.8) is 0 Å². The number of aryl methyl sites for hydroxylation is 1. The number of nitrogens with two attached hydrogens (primary N) is 1. The predicted octanol–water partition coefficient (Wildman–Crippen LogP) is 1.16. The second-order valence-corrected chi connectivity index (χ2v) is 8.01. The third-order valence-electron chi connectivity index (χ3n) is 5.09. The van der Waals surface area contributed by atoms with E-state index in [9.17, 15) is 14.4 Å². The Morgan fingerprint density at radius 1 is 1.25 bits per heavy atom. The van der Waals surface area contributed by atoms with Crippen molar-refractivity contribution in [1.82, 2.24) is 9.55 Å². The van der Waals surface area contributed by atoms with Crippen molar-refractivity contribution in [3.05, 3.63) is 44.6 Å². The molecule has 1 amide bonds. The number of rotatable bonds is 9. The van der Waals surface area contributed by atoms with Gasteiger partial charge in [0.25, 0.3) is 5.56 Å². The van der Waals surface area contributed by atoms with Crippen molar-refractivity contribution in [1.29, 1.82) is 0 Å². The van der Waals surface area contributed by atoms with Gasteiger partial charge < -0.3 is 24.8 Å². The van der Waals surface area contributed by atoms with E-state index in [-0.39, 0.29) is 42.9 Å². The van der Waals surface area contributed by atoms with Crippen LogP contribution in [0.15, 0.2) is 27.8 Å². The minimum Gasteiger partial charge on any atom is -0.486 e. The van der Waals surface area contributed by atoms with E-state index in [2.05, 4.69) is 4.98 Å². The molecule has 0 saturated heterocycles. The van der Waals surface area contributed by atoms with E-state index in [0.29, 0.717) is 37.7 Å². The number of ether oxygens (including phenoxy) is 3. The van der Waals surface area contributed by atoms with Crippen LogP contribution in [0.4, 0.5) is 11.5 Å². The average Bonchev–Trinajstić information content (AvgIpc) is 2.76. The van der Waals surface area contributed by atoms with Gasteiger partial charge in [0.1, 0.15) is 19.0 Å². The van der Waals surface area contributed by atoms with Gasteiger partial charge in [-0.3, -0.25) is 19.1 Å². The standard InChI is InChI=1S/C22H30N4O6/c1-14(2)13-26-20(23)19(21(28)24-22(26)29)25(8-9-30-3)18(27)7-5-15-4-6-16-17(12-15)32-11-10-31-16/h4,6,12,14H,5,7-11,13,23H2,1-3H3,(H,24,28,29). The average molecular weight is 447 g/mol. The first-order valence-corrected chi connectivity index (χ1v) is 10.6. The summed E-state index contributed by atoms with van der Waals surface area (Å²) in [7, 11) is 1.51. The molecule has 174 valence electrons. The first-order valence-electron chi connectivity index (χ1n) is 10.6. The van der Waals surface area contributed by atoms with E-state index >= 15 is 0 Å². The maximum Gasteiger partial charge on any atom is 0.330 e. The molecule has 1 aliphatic rings. The van der Waals surface area contributed by atoms with E-state index in [4.69, 9.17) is 19.9 Å². The van der Waals surface area contributed by atoms with Crippen LogP contribution in [-0.2, 0) is 22.5 Å². The minimum absolute atomic E-state index is 0.0313. The highest BCUT2D eigenvalue weighted by Crippen LogP contribution is 2.31. The Hall–Kier alpha value is -3.27. The van der Waals surface area contributed by atoms with E-state index in [1.807, 2.05) is 32.0 Å². The van der Waals surface area contributed by atoms with Gasteiger partial charge in [-0.2, -0.15) is 0 Å². The smallest absolute Gasteiger partial charge is 0.330 e. The first kappa shape index (κ1) is 23.4.